The van der Waals surface area contributed by atoms with E-state index in [-0.39, 0.29) is 16.8 Å². The summed E-state index contributed by atoms with van der Waals surface area (Å²) in [5, 5.41) is 0. The maximum atomic E-state index is 11.8. The zero-order valence-corrected chi connectivity index (χ0v) is 13.9. The van der Waals surface area contributed by atoms with E-state index in [9.17, 15) is 4.79 Å². The van der Waals surface area contributed by atoms with Gasteiger partial charge in [-0.15, -0.1) is 0 Å². The van der Waals surface area contributed by atoms with Crippen molar-refractivity contribution >= 4 is 5.97 Å². The molecule has 2 saturated carbocycles. The van der Waals surface area contributed by atoms with E-state index in [0.29, 0.717) is 5.92 Å². The molecule has 2 nitrogen and oxygen atoms in total. The van der Waals surface area contributed by atoms with Crippen LogP contribution >= 0.6 is 0 Å². The number of ether oxygens (including phenoxy) is 1. The van der Waals surface area contributed by atoms with E-state index in [1.54, 1.807) is 0 Å². The van der Waals surface area contributed by atoms with Crippen LogP contribution in [0.2, 0.25) is 0 Å². The molecule has 3 rings (SSSR count). The molecule has 0 radical (unpaired) electrons. The largest absolute Gasteiger partial charge is 0.445 e. The van der Waals surface area contributed by atoms with Crippen LogP contribution in [0.1, 0.15) is 52.5 Å². The first-order chi connectivity index (χ1) is 10.3. The molecule has 0 aromatic heterocycles. The molecule has 2 heteroatoms. The van der Waals surface area contributed by atoms with Crippen molar-refractivity contribution in [1.29, 1.82) is 0 Å². The molecule has 2 bridgehead atoms. The van der Waals surface area contributed by atoms with Gasteiger partial charge in [0, 0.05) is 24.3 Å². The third-order valence-electron chi connectivity index (χ3n) is 6.36. The van der Waals surface area contributed by atoms with Gasteiger partial charge in [0.1, 0.15) is 0 Å². The Morgan fingerprint density at radius 2 is 1.91 bits per heavy atom. The number of benzene rings is 1. The average molecular weight is 296 g/mol. The fourth-order valence-electron chi connectivity index (χ4n) is 4.56. The molecule has 1 aromatic carbocycles. The standard InChI is InChI=1S/C20H24O2/c1-15(21)22-20(13-10-16-8-6-5-7-9-16)14-17-11-12-19(20,4)18(17,2)3/h5-9,17H,11-12,14H2,1-4H3/t17-,19+,20-/m1/s1. The average Bonchev–Trinajstić information content (AvgIpc) is 2.78. The second-order valence-electron chi connectivity index (χ2n) is 7.53. The molecule has 0 aliphatic heterocycles. The highest BCUT2D eigenvalue weighted by atomic mass is 16.6. The van der Waals surface area contributed by atoms with E-state index in [0.717, 1.165) is 18.4 Å². The van der Waals surface area contributed by atoms with Crippen LogP contribution in [0.15, 0.2) is 30.3 Å². The summed E-state index contributed by atoms with van der Waals surface area (Å²) in [5.74, 6) is 6.97. The summed E-state index contributed by atoms with van der Waals surface area (Å²) in [6.07, 6.45) is 3.14. The molecule has 116 valence electrons. The van der Waals surface area contributed by atoms with E-state index in [1.165, 1.54) is 13.3 Å². The second-order valence-corrected chi connectivity index (χ2v) is 7.53. The van der Waals surface area contributed by atoms with Gasteiger partial charge in [-0.1, -0.05) is 44.9 Å². The molecule has 1 aromatic rings. The van der Waals surface area contributed by atoms with Gasteiger partial charge in [0.25, 0.3) is 0 Å². The summed E-state index contributed by atoms with van der Waals surface area (Å²) >= 11 is 0. The predicted octanol–water partition coefficient (Wildman–Crippen LogP) is 4.19. The van der Waals surface area contributed by atoms with Gasteiger partial charge in [-0.2, -0.15) is 0 Å². The van der Waals surface area contributed by atoms with Crippen molar-refractivity contribution in [3.63, 3.8) is 0 Å². The lowest BCUT2D eigenvalue weighted by Crippen LogP contribution is -2.49. The van der Waals surface area contributed by atoms with E-state index in [2.05, 4.69) is 32.6 Å². The Morgan fingerprint density at radius 1 is 1.23 bits per heavy atom. The van der Waals surface area contributed by atoms with Crippen LogP contribution in [-0.4, -0.2) is 11.6 Å². The van der Waals surface area contributed by atoms with E-state index in [4.69, 9.17) is 4.74 Å². The maximum Gasteiger partial charge on any atom is 0.304 e. The maximum absolute atomic E-state index is 11.8. The van der Waals surface area contributed by atoms with Crippen LogP contribution in [0, 0.1) is 28.6 Å². The number of fused-ring (bicyclic) bond motifs is 2. The lowest BCUT2D eigenvalue weighted by Gasteiger charge is -2.44. The van der Waals surface area contributed by atoms with Crippen LogP contribution in [0.25, 0.3) is 0 Å². The Morgan fingerprint density at radius 3 is 2.41 bits per heavy atom. The molecule has 0 unspecified atom stereocenters. The molecular formula is C20H24O2. The van der Waals surface area contributed by atoms with Crippen molar-refractivity contribution in [3.05, 3.63) is 35.9 Å². The molecule has 2 aliphatic rings. The molecule has 0 N–H and O–H groups in total. The Bertz CT molecular complexity index is 649. The number of esters is 1. The third kappa shape index (κ3) is 1.99. The van der Waals surface area contributed by atoms with Crippen LogP contribution in [0.5, 0.6) is 0 Å². The number of carbonyl (C=O) groups excluding carboxylic acids is 1. The highest BCUT2D eigenvalue weighted by molar-refractivity contribution is 5.67. The van der Waals surface area contributed by atoms with Crippen molar-refractivity contribution in [3.8, 4) is 11.8 Å². The molecule has 22 heavy (non-hydrogen) atoms. The molecule has 0 amide bonds. The highest BCUT2D eigenvalue weighted by Gasteiger charge is 2.70. The van der Waals surface area contributed by atoms with Crippen molar-refractivity contribution in [1.82, 2.24) is 0 Å². The minimum Gasteiger partial charge on any atom is -0.445 e. The Kier molecular flexibility index (Phi) is 3.36. The third-order valence-corrected chi connectivity index (χ3v) is 6.36. The van der Waals surface area contributed by atoms with Crippen molar-refractivity contribution < 1.29 is 9.53 Å². The molecular weight excluding hydrogens is 272 g/mol. The zero-order valence-electron chi connectivity index (χ0n) is 13.9. The van der Waals surface area contributed by atoms with Gasteiger partial charge in [0.05, 0.1) is 0 Å². The van der Waals surface area contributed by atoms with Crippen LogP contribution in [0.4, 0.5) is 0 Å². The SMILES string of the molecule is CC(=O)O[C@]1(C#Cc2ccccc2)C[C@H]2CC[C@@]1(C)C2(C)C. The minimum atomic E-state index is -0.652. The molecule has 2 aliphatic carbocycles. The molecule has 0 spiro atoms. The van der Waals surface area contributed by atoms with Crippen LogP contribution in [-0.2, 0) is 9.53 Å². The summed E-state index contributed by atoms with van der Waals surface area (Å²) in [5.41, 5.74) is 0.380. The van der Waals surface area contributed by atoms with Gasteiger partial charge in [-0.25, -0.2) is 0 Å². The molecule has 0 saturated heterocycles. The first kappa shape index (κ1) is 15.2. The Balaban J connectivity index is 2.05. The minimum absolute atomic E-state index is 0.0852. The monoisotopic (exact) mass is 296 g/mol. The quantitative estimate of drug-likeness (QED) is 0.574. The van der Waals surface area contributed by atoms with E-state index >= 15 is 0 Å². The first-order valence-corrected chi connectivity index (χ1v) is 8.09. The van der Waals surface area contributed by atoms with Crippen molar-refractivity contribution in [2.45, 2.75) is 52.6 Å². The topological polar surface area (TPSA) is 26.3 Å². The number of rotatable bonds is 1. The van der Waals surface area contributed by atoms with Crippen molar-refractivity contribution in [2.75, 3.05) is 0 Å². The van der Waals surface area contributed by atoms with E-state index in [1.807, 2.05) is 30.3 Å². The molecule has 0 heterocycles. The molecule has 3 atom stereocenters. The second kappa shape index (κ2) is 4.88. The zero-order chi connectivity index (χ0) is 16.0. The fourth-order valence-corrected chi connectivity index (χ4v) is 4.56. The summed E-state index contributed by atoms with van der Waals surface area (Å²) < 4.78 is 5.88. The van der Waals surface area contributed by atoms with Crippen LogP contribution < -0.4 is 0 Å². The van der Waals surface area contributed by atoms with Gasteiger partial charge in [-0.3, -0.25) is 4.79 Å². The predicted molar refractivity (Wildman–Crippen MR) is 87.0 cm³/mol. The molecule has 2 fully saturated rings. The Labute approximate surface area is 133 Å². The number of hydrogen-bond donors (Lipinski definition) is 0. The Hall–Kier alpha value is -1.75. The van der Waals surface area contributed by atoms with E-state index < -0.39 is 5.60 Å². The normalized spacial score (nSPS) is 34.8. The van der Waals surface area contributed by atoms with Gasteiger partial charge < -0.3 is 4.74 Å². The summed E-state index contributed by atoms with van der Waals surface area (Å²) in [7, 11) is 0. The summed E-state index contributed by atoms with van der Waals surface area (Å²) in [4.78, 5) is 11.8. The van der Waals surface area contributed by atoms with Gasteiger partial charge in [0.15, 0.2) is 5.60 Å². The van der Waals surface area contributed by atoms with Gasteiger partial charge in [-0.05, 0) is 42.2 Å². The summed E-state index contributed by atoms with van der Waals surface area (Å²) in [6.45, 7) is 8.36. The first-order valence-electron chi connectivity index (χ1n) is 8.09. The fraction of sp³-hybridized carbons (Fsp3) is 0.550. The number of hydrogen-bond acceptors (Lipinski definition) is 2. The lowest BCUT2D eigenvalue weighted by molar-refractivity contribution is -0.164. The van der Waals surface area contributed by atoms with Crippen LogP contribution in [0.3, 0.4) is 0 Å². The highest BCUT2D eigenvalue weighted by Crippen LogP contribution is 2.70. The smallest absolute Gasteiger partial charge is 0.304 e. The van der Waals surface area contributed by atoms with Crippen molar-refractivity contribution in [2.24, 2.45) is 16.7 Å². The summed E-state index contributed by atoms with van der Waals surface area (Å²) in [6, 6.07) is 9.93. The van der Waals surface area contributed by atoms with Gasteiger partial charge in [0.2, 0.25) is 0 Å². The van der Waals surface area contributed by atoms with Gasteiger partial charge >= 0.3 is 5.97 Å². The lowest BCUT2D eigenvalue weighted by atomic mass is 9.64. The number of carbonyl (C=O) groups is 1.